The predicted molar refractivity (Wildman–Crippen MR) is 69.3 cm³/mol. The summed E-state index contributed by atoms with van der Waals surface area (Å²) in [6.45, 7) is -0.136. The van der Waals surface area contributed by atoms with E-state index in [4.69, 9.17) is 9.84 Å². The Morgan fingerprint density at radius 1 is 1.11 bits per heavy atom. The van der Waals surface area contributed by atoms with Gasteiger partial charge in [0, 0.05) is 6.42 Å². The summed E-state index contributed by atoms with van der Waals surface area (Å²) in [5.41, 5.74) is 1.09. The molecule has 0 amide bonds. The average Bonchev–Trinajstić information content (AvgIpc) is 2.79. The van der Waals surface area contributed by atoms with Gasteiger partial charge in [-0.1, -0.05) is 42.5 Å². The van der Waals surface area contributed by atoms with Crippen LogP contribution in [0.5, 0.6) is 0 Å². The number of fused-ring (bicyclic) bond motifs is 1. The number of hydrogen-bond acceptors (Lipinski definition) is 3. The number of ether oxygens (including phenoxy) is 1. The lowest BCUT2D eigenvalue weighted by Gasteiger charge is -2.14. The first-order valence-electron chi connectivity index (χ1n) is 6.21. The lowest BCUT2D eigenvalue weighted by atomic mass is 9.98. The molecule has 1 aliphatic rings. The molecule has 2 aromatic rings. The molecule has 1 saturated heterocycles. The summed E-state index contributed by atoms with van der Waals surface area (Å²) in [7, 11) is 0. The fourth-order valence-electron chi connectivity index (χ4n) is 2.62. The van der Waals surface area contributed by atoms with Crippen LogP contribution in [0.1, 0.15) is 18.1 Å². The summed E-state index contributed by atoms with van der Waals surface area (Å²) in [4.78, 5) is 0. The Bertz CT molecular complexity index is 547. The van der Waals surface area contributed by atoms with E-state index in [-0.39, 0.29) is 12.7 Å². The highest BCUT2D eigenvalue weighted by Gasteiger charge is 2.34. The first-order valence-corrected chi connectivity index (χ1v) is 6.21. The van der Waals surface area contributed by atoms with E-state index >= 15 is 0 Å². The summed E-state index contributed by atoms with van der Waals surface area (Å²) in [5.74, 6) is 0. The van der Waals surface area contributed by atoms with Crippen molar-refractivity contribution in [1.82, 2.24) is 0 Å². The van der Waals surface area contributed by atoms with Crippen molar-refractivity contribution in [3.63, 3.8) is 0 Å². The van der Waals surface area contributed by atoms with Crippen molar-refractivity contribution in [1.29, 1.82) is 0 Å². The molecule has 2 N–H and O–H groups in total. The fraction of sp³-hybridized carbons (Fsp3) is 0.333. The van der Waals surface area contributed by atoms with Crippen LogP contribution < -0.4 is 0 Å². The van der Waals surface area contributed by atoms with Crippen LogP contribution in [-0.2, 0) is 4.74 Å². The van der Waals surface area contributed by atoms with Crippen molar-refractivity contribution >= 4 is 10.8 Å². The first kappa shape index (κ1) is 11.7. The third-order valence-electron chi connectivity index (χ3n) is 3.57. The molecule has 0 aromatic heterocycles. The fourth-order valence-corrected chi connectivity index (χ4v) is 2.62. The van der Waals surface area contributed by atoms with Gasteiger partial charge in [-0.3, -0.25) is 0 Å². The van der Waals surface area contributed by atoms with E-state index in [0.29, 0.717) is 6.42 Å². The molecular weight excluding hydrogens is 228 g/mol. The van der Waals surface area contributed by atoms with Crippen LogP contribution in [-0.4, -0.2) is 29.0 Å². The summed E-state index contributed by atoms with van der Waals surface area (Å²) >= 11 is 0. The van der Waals surface area contributed by atoms with E-state index in [2.05, 4.69) is 18.2 Å². The molecule has 1 unspecified atom stereocenters. The molecule has 0 radical (unpaired) electrons. The van der Waals surface area contributed by atoms with E-state index in [1.165, 1.54) is 5.39 Å². The number of rotatable bonds is 2. The minimum absolute atomic E-state index is 0.136. The molecule has 1 heterocycles. The second-order valence-corrected chi connectivity index (χ2v) is 4.72. The van der Waals surface area contributed by atoms with Crippen LogP contribution in [0.15, 0.2) is 42.5 Å². The molecule has 0 spiro atoms. The van der Waals surface area contributed by atoms with E-state index in [9.17, 15) is 5.11 Å². The molecule has 1 fully saturated rings. The molecule has 3 nitrogen and oxygen atoms in total. The van der Waals surface area contributed by atoms with Gasteiger partial charge in [-0.05, 0) is 16.3 Å². The van der Waals surface area contributed by atoms with Crippen molar-refractivity contribution < 1.29 is 14.9 Å². The highest BCUT2D eigenvalue weighted by Crippen LogP contribution is 2.36. The molecule has 3 heteroatoms. The van der Waals surface area contributed by atoms with Crippen molar-refractivity contribution in [2.75, 3.05) is 6.61 Å². The highest BCUT2D eigenvalue weighted by atomic mass is 16.5. The Kier molecular flexibility index (Phi) is 3.04. The third-order valence-corrected chi connectivity index (χ3v) is 3.57. The first-order chi connectivity index (χ1) is 8.79. The molecule has 0 saturated carbocycles. The summed E-state index contributed by atoms with van der Waals surface area (Å²) in [6, 6.07) is 14.2. The number of hydrogen-bond donors (Lipinski definition) is 2. The van der Waals surface area contributed by atoms with E-state index in [1.54, 1.807) is 0 Å². The summed E-state index contributed by atoms with van der Waals surface area (Å²) < 4.78 is 5.72. The van der Waals surface area contributed by atoms with Gasteiger partial charge in [0.15, 0.2) is 0 Å². The zero-order chi connectivity index (χ0) is 12.5. The number of benzene rings is 2. The van der Waals surface area contributed by atoms with Gasteiger partial charge >= 0.3 is 0 Å². The second-order valence-electron chi connectivity index (χ2n) is 4.72. The zero-order valence-electron chi connectivity index (χ0n) is 9.99. The normalized spacial score (nSPS) is 27.8. The molecule has 1 aliphatic heterocycles. The Balaban J connectivity index is 2.00. The molecule has 3 atom stereocenters. The van der Waals surface area contributed by atoms with E-state index in [0.717, 1.165) is 10.9 Å². The van der Waals surface area contributed by atoms with E-state index < -0.39 is 12.2 Å². The molecule has 3 rings (SSSR count). The van der Waals surface area contributed by atoms with Crippen LogP contribution in [0.25, 0.3) is 10.8 Å². The van der Waals surface area contributed by atoms with Gasteiger partial charge in [-0.15, -0.1) is 0 Å². The number of aliphatic hydroxyl groups excluding tert-OH is 2. The zero-order valence-corrected chi connectivity index (χ0v) is 9.99. The van der Waals surface area contributed by atoms with Gasteiger partial charge in [-0.25, -0.2) is 0 Å². The Hall–Kier alpha value is -1.42. The van der Waals surface area contributed by atoms with E-state index in [1.807, 2.05) is 24.3 Å². The standard InChI is InChI=1S/C15H16O3/c16-9-15-13(17)8-14(18-15)12-7-3-5-10-4-1-2-6-11(10)12/h1-7,13-17H,8-9H2/t13-,14?,15+/m0/s1. The lowest BCUT2D eigenvalue weighted by Crippen LogP contribution is -2.24. The largest absolute Gasteiger partial charge is 0.394 e. The van der Waals surface area contributed by atoms with Crippen molar-refractivity contribution in [3.05, 3.63) is 48.0 Å². The highest BCUT2D eigenvalue weighted by molar-refractivity contribution is 5.86. The maximum absolute atomic E-state index is 9.81. The predicted octanol–water partition coefficient (Wildman–Crippen LogP) is 2.02. The topological polar surface area (TPSA) is 49.7 Å². The van der Waals surface area contributed by atoms with Crippen LogP contribution in [0.3, 0.4) is 0 Å². The lowest BCUT2D eigenvalue weighted by molar-refractivity contribution is -0.0222. The van der Waals surface area contributed by atoms with Crippen LogP contribution in [0, 0.1) is 0 Å². The van der Waals surface area contributed by atoms with Crippen molar-refractivity contribution in [2.45, 2.75) is 24.7 Å². The maximum Gasteiger partial charge on any atom is 0.107 e. The maximum atomic E-state index is 9.81. The van der Waals surface area contributed by atoms with Crippen LogP contribution in [0.2, 0.25) is 0 Å². The SMILES string of the molecule is OC[C@H]1OC(c2cccc3ccccc23)C[C@@H]1O. The van der Waals surface area contributed by atoms with Crippen molar-refractivity contribution in [2.24, 2.45) is 0 Å². The second kappa shape index (κ2) is 4.69. The average molecular weight is 244 g/mol. The quantitative estimate of drug-likeness (QED) is 0.849. The summed E-state index contributed by atoms with van der Waals surface area (Å²) in [5, 5.41) is 21.3. The van der Waals surface area contributed by atoms with Gasteiger partial charge in [0.25, 0.3) is 0 Å². The monoisotopic (exact) mass is 244 g/mol. The number of aliphatic hydroxyl groups is 2. The Morgan fingerprint density at radius 3 is 2.67 bits per heavy atom. The molecule has 0 aliphatic carbocycles. The third kappa shape index (κ3) is 1.90. The Labute approximate surface area is 106 Å². The van der Waals surface area contributed by atoms with Gasteiger partial charge < -0.3 is 14.9 Å². The molecular formula is C15H16O3. The van der Waals surface area contributed by atoms with Gasteiger partial charge in [0.2, 0.25) is 0 Å². The molecule has 18 heavy (non-hydrogen) atoms. The van der Waals surface area contributed by atoms with Gasteiger partial charge in [-0.2, -0.15) is 0 Å². The van der Waals surface area contributed by atoms with Crippen LogP contribution >= 0.6 is 0 Å². The molecule has 94 valence electrons. The van der Waals surface area contributed by atoms with Gasteiger partial charge in [0.05, 0.1) is 18.8 Å². The van der Waals surface area contributed by atoms with Crippen LogP contribution in [0.4, 0.5) is 0 Å². The minimum atomic E-state index is -0.584. The smallest absolute Gasteiger partial charge is 0.107 e. The summed E-state index contributed by atoms with van der Waals surface area (Å²) in [6.07, 6.45) is -0.643. The van der Waals surface area contributed by atoms with Gasteiger partial charge in [0.1, 0.15) is 6.10 Å². The minimum Gasteiger partial charge on any atom is -0.394 e. The van der Waals surface area contributed by atoms with Crippen molar-refractivity contribution in [3.8, 4) is 0 Å². The molecule has 2 aromatic carbocycles. The Morgan fingerprint density at radius 2 is 1.89 bits per heavy atom. The molecule has 0 bridgehead atoms.